The standard InChI is InChI=1S/C24H21F3O2.C3H6O2.2C2H6/c1-17(15-16-29-23-13-11-22(28-2)12-14-23)18-3-5-19(6-4-18)20-7-9-21(10-8-20)24(25,26)27;1-2-5-3-4;2*1-2/h3-15H,16H2,1-2H3;3H,2H2,1H3;2*1-2H3/b17-15+;;;. The quantitative estimate of drug-likeness (QED) is 0.271. The molecule has 0 saturated carbocycles. The van der Waals surface area contributed by atoms with Crippen LogP contribution in [0.15, 0.2) is 78.9 Å². The van der Waals surface area contributed by atoms with Crippen LogP contribution in [0.2, 0.25) is 0 Å². The van der Waals surface area contributed by atoms with Crippen molar-refractivity contribution in [3.05, 3.63) is 90.0 Å². The fourth-order valence-corrected chi connectivity index (χ4v) is 2.90. The lowest BCUT2D eigenvalue weighted by Crippen LogP contribution is -2.03. The monoisotopic (exact) mass is 532 g/mol. The van der Waals surface area contributed by atoms with Crippen molar-refractivity contribution in [2.24, 2.45) is 0 Å². The molecule has 38 heavy (non-hydrogen) atoms. The van der Waals surface area contributed by atoms with Crippen LogP contribution < -0.4 is 9.47 Å². The molecule has 0 saturated heterocycles. The summed E-state index contributed by atoms with van der Waals surface area (Å²) in [4.78, 5) is 9.18. The summed E-state index contributed by atoms with van der Waals surface area (Å²) in [6.07, 6.45) is -2.34. The van der Waals surface area contributed by atoms with Crippen molar-refractivity contribution in [2.45, 2.75) is 47.7 Å². The third-order valence-electron chi connectivity index (χ3n) is 4.82. The molecule has 7 heteroatoms. The van der Waals surface area contributed by atoms with Crippen LogP contribution in [0.3, 0.4) is 0 Å². The molecule has 0 aromatic heterocycles. The highest BCUT2D eigenvalue weighted by molar-refractivity contribution is 5.69. The van der Waals surface area contributed by atoms with Crippen LogP contribution in [0.25, 0.3) is 16.7 Å². The maximum Gasteiger partial charge on any atom is 0.416 e. The Bertz CT molecular complexity index is 1040. The Morgan fingerprint density at radius 2 is 1.26 bits per heavy atom. The van der Waals surface area contributed by atoms with Crippen molar-refractivity contribution in [3.8, 4) is 22.6 Å². The summed E-state index contributed by atoms with van der Waals surface area (Å²) in [5, 5.41) is 0. The van der Waals surface area contributed by atoms with Crippen LogP contribution in [-0.4, -0.2) is 26.8 Å². The molecular formula is C31H39F3O4. The number of benzene rings is 3. The number of ether oxygens (including phenoxy) is 3. The van der Waals surface area contributed by atoms with Gasteiger partial charge in [0.15, 0.2) is 0 Å². The predicted molar refractivity (Wildman–Crippen MR) is 149 cm³/mol. The van der Waals surface area contributed by atoms with E-state index in [-0.39, 0.29) is 0 Å². The number of hydrogen-bond donors (Lipinski definition) is 0. The van der Waals surface area contributed by atoms with Crippen molar-refractivity contribution in [1.82, 2.24) is 0 Å². The fraction of sp³-hybridized carbons (Fsp3) is 0.323. The van der Waals surface area contributed by atoms with Gasteiger partial charge >= 0.3 is 6.18 Å². The van der Waals surface area contributed by atoms with E-state index in [4.69, 9.17) is 9.47 Å². The molecule has 3 aromatic carbocycles. The summed E-state index contributed by atoms with van der Waals surface area (Å²) in [6.45, 7) is 13.1. The van der Waals surface area contributed by atoms with E-state index in [0.717, 1.165) is 45.9 Å². The van der Waals surface area contributed by atoms with E-state index >= 15 is 0 Å². The lowest BCUT2D eigenvalue weighted by Gasteiger charge is -2.09. The van der Waals surface area contributed by atoms with E-state index in [1.165, 1.54) is 12.1 Å². The zero-order chi connectivity index (χ0) is 29.0. The van der Waals surface area contributed by atoms with Gasteiger partial charge in [-0.2, -0.15) is 13.2 Å². The van der Waals surface area contributed by atoms with E-state index in [1.807, 2.05) is 89.2 Å². The second-order valence-electron chi connectivity index (χ2n) is 7.08. The molecular weight excluding hydrogens is 493 g/mol. The van der Waals surface area contributed by atoms with Crippen LogP contribution in [0.5, 0.6) is 11.5 Å². The van der Waals surface area contributed by atoms with Gasteiger partial charge in [0.2, 0.25) is 0 Å². The first-order chi connectivity index (χ1) is 18.3. The number of halogens is 3. The molecule has 0 radical (unpaired) electrons. The van der Waals surface area contributed by atoms with Gasteiger partial charge in [-0.25, -0.2) is 0 Å². The SMILES string of the molecule is CC.CC.CCOC=O.COc1ccc(OC/C=C(\C)c2ccc(-c3ccc(C(F)(F)F)cc3)cc2)cc1. The Kier molecular flexibility index (Phi) is 17.5. The summed E-state index contributed by atoms with van der Waals surface area (Å²) >= 11 is 0. The van der Waals surface area contributed by atoms with Crippen molar-refractivity contribution in [1.29, 1.82) is 0 Å². The van der Waals surface area contributed by atoms with E-state index in [1.54, 1.807) is 14.0 Å². The highest BCUT2D eigenvalue weighted by Crippen LogP contribution is 2.31. The average molecular weight is 533 g/mol. The molecule has 0 atom stereocenters. The molecule has 208 valence electrons. The molecule has 0 bridgehead atoms. The molecule has 0 aliphatic carbocycles. The van der Waals surface area contributed by atoms with Crippen molar-refractivity contribution in [3.63, 3.8) is 0 Å². The summed E-state index contributed by atoms with van der Waals surface area (Å²) in [7, 11) is 1.62. The first-order valence-electron chi connectivity index (χ1n) is 12.6. The number of rotatable bonds is 8. The van der Waals surface area contributed by atoms with Gasteiger partial charge in [0, 0.05) is 0 Å². The van der Waals surface area contributed by atoms with Gasteiger partial charge in [-0.3, -0.25) is 4.79 Å². The Morgan fingerprint density at radius 1 is 0.789 bits per heavy atom. The average Bonchev–Trinajstić information content (AvgIpc) is 2.96. The van der Waals surface area contributed by atoms with Gasteiger partial charge in [0.05, 0.1) is 19.3 Å². The van der Waals surface area contributed by atoms with Crippen LogP contribution >= 0.6 is 0 Å². The number of carbonyl (C=O) groups excluding carboxylic acids is 1. The third kappa shape index (κ3) is 12.5. The van der Waals surface area contributed by atoms with Gasteiger partial charge in [-0.05, 0) is 78.6 Å². The molecule has 3 aromatic rings. The summed E-state index contributed by atoms with van der Waals surface area (Å²) in [5.41, 5.74) is 3.05. The topological polar surface area (TPSA) is 44.8 Å². The van der Waals surface area contributed by atoms with Gasteiger partial charge in [0.1, 0.15) is 18.1 Å². The molecule has 0 aliphatic rings. The molecule has 0 heterocycles. The fourth-order valence-electron chi connectivity index (χ4n) is 2.90. The van der Waals surface area contributed by atoms with E-state index in [2.05, 4.69) is 4.74 Å². The molecule has 0 unspecified atom stereocenters. The molecule has 0 aliphatic heterocycles. The first kappa shape index (κ1) is 34.3. The van der Waals surface area contributed by atoms with Crippen LogP contribution in [0.1, 0.15) is 52.7 Å². The van der Waals surface area contributed by atoms with Gasteiger partial charge in [0.25, 0.3) is 6.47 Å². The highest BCUT2D eigenvalue weighted by atomic mass is 19.4. The zero-order valence-electron chi connectivity index (χ0n) is 23.3. The minimum atomic E-state index is -4.32. The minimum absolute atomic E-state index is 0.429. The number of alkyl halides is 3. The number of hydrogen-bond acceptors (Lipinski definition) is 4. The van der Waals surface area contributed by atoms with Crippen molar-refractivity contribution < 1.29 is 32.2 Å². The predicted octanol–water partition coefficient (Wildman–Crippen LogP) is 9.10. The Hall–Kier alpha value is -3.74. The molecule has 3 rings (SSSR count). The lowest BCUT2D eigenvalue weighted by atomic mass is 10.00. The second-order valence-corrected chi connectivity index (χ2v) is 7.08. The highest BCUT2D eigenvalue weighted by Gasteiger charge is 2.29. The Balaban J connectivity index is 0.00000134. The smallest absolute Gasteiger partial charge is 0.416 e. The van der Waals surface area contributed by atoms with Crippen molar-refractivity contribution in [2.75, 3.05) is 20.3 Å². The van der Waals surface area contributed by atoms with E-state index in [0.29, 0.717) is 19.7 Å². The van der Waals surface area contributed by atoms with E-state index in [9.17, 15) is 18.0 Å². The molecule has 0 fully saturated rings. The van der Waals surface area contributed by atoms with Crippen molar-refractivity contribution >= 4 is 12.0 Å². The number of carbonyl (C=O) groups is 1. The number of allylic oxidation sites excluding steroid dienone is 1. The van der Waals surface area contributed by atoms with Crippen LogP contribution in [0.4, 0.5) is 13.2 Å². The van der Waals surface area contributed by atoms with E-state index < -0.39 is 11.7 Å². The van der Waals surface area contributed by atoms with Crippen LogP contribution in [-0.2, 0) is 15.7 Å². The third-order valence-corrected chi connectivity index (χ3v) is 4.82. The van der Waals surface area contributed by atoms with Gasteiger partial charge < -0.3 is 14.2 Å². The Labute approximate surface area is 225 Å². The summed E-state index contributed by atoms with van der Waals surface area (Å²) in [6, 6.07) is 20.3. The molecule has 0 spiro atoms. The Morgan fingerprint density at radius 3 is 1.66 bits per heavy atom. The normalized spacial score (nSPS) is 10.3. The maximum atomic E-state index is 12.7. The minimum Gasteiger partial charge on any atom is -0.497 e. The largest absolute Gasteiger partial charge is 0.497 e. The molecule has 0 N–H and O–H groups in total. The van der Waals surface area contributed by atoms with Gasteiger partial charge in [-0.15, -0.1) is 0 Å². The second kappa shape index (κ2) is 19.4. The lowest BCUT2D eigenvalue weighted by molar-refractivity contribution is -0.137. The maximum absolute atomic E-state index is 12.7. The first-order valence-corrected chi connectivity index (χ1v) is 12.6. The van der Waals surface area contributed by atoms with Gasteiger partial charge in [-0.1, -0.05) is 64.1 Å². The van der Waals surface area contributed by atoms with Crippen LogP contribution in [0, 0.1) is 0 Å². The summed E-state index contributed by atoms with van der Waals surface area (Å²) in [5.74, 6) is 1.53. The molecule has 0 amide bonds. The summed E-state index contributed by atoms with van der Waals surface area (Å²) < 4.78 is 53.0. The number of methoxy groups -OCH3 is 1. The zero-order valence-corrected chi connectivity index (χ0v) is 23.3. The molecule has 4 nitrogen and oxygen atoms in total.